The zero-order valence-corrected chi connectivity index (χ0v) is 23.3. The van der Waals surface area contributed by atoms with Gasteiger partial charge in [-0.05, 0) is 68.1 Å². The molecule has 0 aliphatic carbocycles. The number of carbonyl (C=O) groups excluding carboxylic acids is 2. The molecule has 9 heteroatoms. The van der Waals surface area contributed by atoms with Crippen molar-refractivity contribution in [3.8, 4) is 16.9 Å². The summed E-state index contributed by atoms with van der Waals surface area (Å²) in [5, 5.41) is 6.21. The second kappa shape index (κ2) is 11.5. The fourth-order valence-corrected chi connectivity index (χ4v) is 5.14. The molecule has 0 bridgehead atoms. The monoisotopic (exact) mass is 543 g/mol. The van der Waals surface area contributed by atoms with E-state index in [1.54, 1.807) is 42.3 Å². The summed E-state index contributed by atoms with van der Waals surface area (Å²) in [6.07, 6.45) is 0. The number of halogens is 1. The van der Waals surface area contributed by atoms with E-state index in [0.29, 0.717) is 45.9 Å². The van der Waals surface area contributed by atoms with Crippen molar-refractivity contribution in [3.05, 3.63) is 77.7 Å². The van der Waals surface area contributed by atoms with E-state index in [-0.39, 0.29) is 11.8 Å². The number of carbonyl (C=O) groups is 2. The first-order valence-corrected chi connectivity index (χ1v) is 13.3. The van der Waals surface area contributed by atoms with Crippen LogP contribution in [0.5, 0.6) is 5.75 Å². The quantitative estimate of drug-likeness (QED) is 0.427. The minimum Gasteiger partial charge on any atom is -0.496 e. The van der Waals surface area contributed by atoms with Crippen LogP contribution in [0.1, 0.15) is 12.5 Å². The molecule has 2 amide bonds. The van der Waals surface area contributed by atoms with Gasteiger partial charge >= 0.3 is 0 Å². The average Bonchev–Trinajstić information content (AvgIpc) is 3.29. The summed E-state index contributed by atoms with van der Waals surface area (Å²) in [4.78, 5) is 31.9. The highest BCUT2D eigenvalue weighted by Gasteiger charge is 2.28. The van der Waals surface area contributed by atoms with Crippen LogP contribution < -0.4 is 20.3 Å². The van der Waals surface area contributed by atoms with Crippen LogP contribution in [-0.2, 0) is 9.59 Å². The lowest BCUT2D eigenvalue weighted by atomic mass is 9.97. The molecule has 2 aliphatic heterocycles. The number of piperazine rings is 1. The molecule has 2 aliphatic rings. The van der Waals surface area contributed by atoms with Crippen molar-refractivity contribution in [2.45, 2.75) is 6.92 Å². The topological polar surface area (TPSA) is 77.2 Å². The Labute approximate surface area is 234 Å². The largest absolute Gasteiger partial charge is 0.496 e. The molecule has 1 saturated heterocycles. The van der Waals surface area contributed by atoms with Gasteiger partial charge in [-0.1, -0.05) is 12.1 Å². The number of allylic oxidation sites excluding steroid dienone is 1. The van der Waals surface area contributed by atoms with Crippen molar-refractivity contribution in [1.29, 1.82) is 0 Å². The summed E-state index contributed by atoms with van der Waals surface area (Å²) in [6.45, 7) is 5.93. The summed E-state index contributed by atoms with van der Waals surface area (Å²) in [5.74, 6) is -0.165. The number of anilines is 3. The molecule has 2 heterocycles. The number of nitrogens with one attached hydrogen (secondary N) is 2. The Hall–Kier alpha value is -4.21. The number of nitrogens with zero attached hydrogens (tertiary/aromatic N) is 3. The maximum atomic E-state index is 14.7. The SMILES string of the molecule is COc1cccc(F)c1-c1ccc2c(c1)C(=C(C)Nc1ccc(N(C)C(=O)CN3CCN(C)CC3)cc1)C(=O)N2. The maximum Gasteiger partial charge on any atom is 0.258 e. The molecule has 1 fully saturated rings. The van der Waals surface area contributed by atoms with Crippen LogP contribution in [-0.4, -0.2) is 75.5 Å². The van der Waals surface area contributed by atoms with E-state index in [1.807, 2.05) is 31.2 Å². The van der Waals surface area contributed by atoms with Crippen LogP contribution in [0, 0.1) is 5.82 Å². The molecule has 0 radical (unpaired) electrons. The first-order chi connectivity index (χ1) is 19.2. The molecule has 5 rings (SSSR count). The standard InChI is InChI=1S/C31H34FN5O3/c1-20(33-22-9-11-23(12-10-22)36(3)28(38)19-37-16-14-35(2)15-17-37)29-24-18-21(8-13-26(24)34-31(29)39)30-25(32)6-5-7-27(30)40-4/h5-13,18,33H,14-17,19H2,1-4H3,(H,34,39). The van der Waals surface area contributed by atoms with E-state index >= 15 is 0 Å². The Kier molecular flexibility index (Phi) is 7.86. The van der Waals surface area contributed by atoms with Gasteiger partial charge in [-0.2, -0.15) is 0 Å². The zero-order chi connectivity index (χ0) is 28.4. The van der Waals surface area contributed by atoms with Gasteiger partial charge in [-0.3, -0.25) is 14.5 Å². The van der Waals surface area contributed by atoms with Crippen LogP contribution in [0.25, 0.3) is 16.7 Å². The molecule has 0 spiro atoms. The normalized spacial score (nSPS) is 16.8. The molecule has 208 valence electrons. The van der Waals surface area contributed by atoms with Crippen LogP contribution in [0.15, 0.2) is 66.4 Å². The highest BCUT2D eigenvalue weighted by atomic mass is 19.1. The van der Waals surface area contributed by atoms with E-state index < -0.39 is 5.82 Å². The van der Waals surface area contributed by atoms with Crippen molar-refractivity contribution < 1.29 is 18.7 Å². The smallest absolute Gasteiger partial charge is 0.258 e. The molecule has 3 aromatic carbocycles. The van der Waals surface area contributed by atoms with E-state index in [4.69, 9.17) is 4.74 Å². The Morgan fingerprint density at radius 3 is 2.50 bits per heavy atom. The lowest BCUT2D eigenvalue weighted by molar-refractivity contribution is -0.119. The van der Waals surface area contributed by atoms with Crippen molar-refractivity contribution in [2.24, 2.45) is 0 Å². The van der Waals surface area contributed by atoms with Gasteiger partial charge in [0.1, 0.15) is 11.6 Å². The van der Waals surface area contributed by atoms with E-state index in [0.717, 1.165) is 37.6 Å². The fourth-order valence-electron chi connectivity index (χ4n) is 5.14. The molecule has 0 aromatic heterocycles. The highest BCUT2D eigenvalue weighted by molar-refractivity contribution is 6.32. The number of likely N-dealkylation sites (N-methyl/N-ethyl adjacent to an activating group) is 2. The second-order valence-electron chi connectivity index (χ2n) is 10.2. The summed E-state index contributed by atoms with van der Waals surface area (Å²) in [6, 6.07) is 17.6. The van der Waals surface area contributed by atoms with Crippen molar-refractivity contribution >= 4 is 34.4 Å². The molecule has 3 aromatic rings. The average molecular weight is 544 g/mol. The van der Waals surface area contributed by atoms with Crippen molar-refractivity contribution in [2.75, 3.05) is 69.5 Å². The molecular formula is C31H34FN5O3. The van der Waals surface area contributed by atoms with Gasteiger partial charge in [0.2, 0.25) is 5.91 Å². The van der Waals surface area contributed by atoms with Gasteiger partial charge in [0.15, 0.2) is 0 Å². The summed E-state index contributed by atoms with van der Waals surface area (Å²) >= 11 is 0. The first-order valence-electron chi connectivity index (χ1n) is 13.3. The van der Waals surface area contributed by atoms with E-state index in [1.165, 1.54) is 13.2 Å². The van der Waals surface area contributed by atoms with E-state index in [2.05, 4.69) is 27.5 Å². The molecule has 0 saturated carbocycles. The summed E-state index contributed by atoms with van der Waals surface area (Å²) < 4.78 is 20.1. The van der Waals surface area contributed by atoms with Crippen LogP contribution in [0.4, 0.5) is 21.5 Å². The molecule has 2 N–H and O–H groups in total. The highest BCUT2D eigenvalue weighted by Crippen LogP contribution is 2.40. The van der Waals surface area contributed by atoms with Gasteiger partial charge in [0, 0.05) is 61.5 Å². The maximum absolute atomic E-state index is 14.7. The van der Waals surface area contributed by atoms with E-state index in [9.17, 15) is 14.0 Å². The number of rotatable bonds is 7. The zero-order valence-electron chi connectivity index (χ0n) is 23.3. The Bertz CT molecular complexity index is 1460. The third kappa shape index (κ3) is 5.57. The predicted molar refractivity (Wildman–Crippen MR) is 157 cm³/mol. The first kappa shape index (κ1) is 27.4. The van der Waals surface area contributed by atoms with Crippen LogP contribution in [0.2, 0.25) is 0 Å². The molecule has 0 unspecified atom stereocenters. The van der Waals surface area contributed by atoms with Gasteiger partial charge in [0.25, 0.3) is 5.91 Å². The third-order valence-electron chi connectivity index (χ3n) is 7.54. The number of amides is 2. The summed E-state index contributed by atoms with van der Waals surface area (Å²) in [7, 11) is 5.38. The number of benzene rings is 3. The predicted octanol–water partition coefficient (Wildman–Crippen LogP) is 4.51. The number of methoxy groups -OCH3 is 1. The van der Waals surface area contributed by atoms with Gasteiger partial charge < -0.3 is 25.2 Å². The Balaban J connectivity index is 1.33. The molecular weight excluding hydrogens is 509 g/mol. The van der Waals surface area contributed by atoms with Crippen LogP contribution >= 0.6 is 0 Å². The van der Waals surface area contributed by atoms with Gasteiger partial charge in [-0.25, -0.2) is 4.39 Å². The molecule has 8 nitrogen and oxygen atoms in total. The molecule has 40 heavy (non-hydrogen) atoms. The third-order valence-corrected chi connectivity index (χ3v) is 7.54. The van der Waals surface area contributed by atoms with Gasteiger partial charge in [-0.15, -0.1) is 0 Å². The van der Waals surface area contributed by atoms with Crippen LogP contribution in [0.3, 0.4) is 0 Å². The minimum absolute atomic E-state index is 0.0464. The molecule has 0 atom stereocenters. The second-order valence-corrected chi connectivity index (χ2v) is 10.2. The minimum atomic E-state index is -0.399. The van der Waals surface area contributed by atoms with Crippen molar-refractivity contribution in [1.82, 2.24) is 9.80 Å². The summed E-state index contributed by atoms with van der Waals surface area (Å²) in [5.41, 5.74) is 5.02. The Morgan fingerprint density at radius 1 is 1.07 bits per heavy atom. The lowest BCUT2D eigenvalue weighted by Crippen LogP contribution is -2.48. The number of fused-ring (bicyclic) bond motifs is 1. The number of hydrogen-bond donors (Lipinski definition) is 2. The fraction of sp³-hybridized carbons (Fsp3) is 0.290. The van der Waals surface area contributed by atoms with Gasteiger partial charge in [0.05, 0.1) is 24.8 Å². The lowest BCUT2D eigenvalue weighted by Gasteiger charge is -2.32. The Morgan fingerprint density at radius 2 is 1.80 bits per heavy atom. The number of ether oxygens (including phenoxy) is 1. The number of hydrogen-bond acceptors (Lipinski definition) is 6. The van der Waals surface area contributed by atoms with Crippen molar-refractivity contribution in [3.63, 3.8) is 0 Å².